The summed E-state index contributed by atoms with van der Waals surface area (Å²) in [5.74, 6) is -0.427. The zero-order valence-corrected chi connectivity index (χ0v) is 10.8. The molecule has 0 amide bonds. The Labute approximate surface area is 105 Å². The third kappa shape index (κ3) is 1.74. The van der Waals surface area contributed by atoms with Crippen molar-refractivity contribution in [1.82, 2.24) is 4.73 Å². The van der Waals surface area contributed by atoms with Gasteiger partial charge in [0.25, 0.3) is 5.52 Å². The van der Waals surface area contributed by atoms with Crippen LogP contribution < -0.4 is 4.43 Å². The first kappa shape index (κ1) is 11.8. The summed E-state index contributed by atoms with van der Waals surface area (Å²) in [4.78, 5) is 23.4. The van der Waals surface area contributed by atoms with Crippen LogP contribution in [0.15, 0.2) is 22.7 Å². The number of rotatable bonds is 1. The zero-order valence-electron chi connectivity index (χ0n) is 9.23. The van der Waals surface area contributed by atoms with Gasteiger partial charge in [-0.3, -0.25) is 4.79 Å². The molecule has 0 bridgehead atoms. The van der Waals surface area contributed by atoms with Gasteiger partial charge in [0.2, 0.25) is 5.78 Å². The van der Waals surface area contributed by atoms with Crippen molar-refractivity contribution in [2.75, 3.05) is 0 Å². The molecule has 0 aliphatic rings. The smallest absolute Gasteiger partial charge is 0.324 e. The molecule has 0 N–H and O–H groups in total. The number of carbonyl (C=O) groups is 1. The fourth-order valence-electron chi connectivity index (χ4n) is 1.77. The molecule has 88 valence electrons. The minimum absolute atomic E-state index is 0.113. The predicted octanol–water partition coefficient (Wildman–Crippen LogP) is 2.18. The molecule has 0 spiro atoms. The maximum atomic E-state index is 12.0. The zero-order chi connectivity index (χ0) is 12.7. The van der Waals surface area contributed by atoms with Gasteiger partial charge in [0.05, 0.1) is 10.1 Å². The van der Waals surface area contributed by atoms with E-state index in [2.05, 4.69) is 15.9 Å². The second kappa shape index (κ2) is 3.96. The molecule has 0 aliphatic carbocycles. The Morgan fingerprint density at radius 2 is 2.12 bits per heavy atom. The summed E-state index contributed by atoms with van der Waals surface area (Å²) in [5.41, 5.74) is 0.406. The van der Waals surface area contributed by atoms with Crippen molar-refractivity contribution in [2.45, 2.75) is 13.8 Å². The number of aromatic nitrogens is 2. The number of fused-ring (bicyclic) bond motifs is 1. The Kier molecular flexibility index (Phi) is 2.74. The van der Waals surface area contributed by atoms with Crippen LogP contribution in [0.3, 0.4) is 0 Å². The Balaban J connectivity index is 3.06. The van der Waals surface area contributed by atoms with Gasteiger partial charge in [-0.05, 0) is 19.1 Å². The SMILES string of the molecule is CC(=O)c1c(C)n([O-])c2ccc(Br)cc2[n+]1=O. The average Bonchev–Trinajstić information content (AvgIpc) is 2.26. The van der Waals surface area contributed by atoms with E-state index < -0.39 is 5.78 Å². The third-order valence-corrected chi connectivity index (χ3v) is 3.05. The Morgan fingerprint density at radius 3 is 2.71 bits per heavy atom. The van der Waals surface area contributed by atoms with Crippen LogP contribution in [0.1, 0.15) is 23.1 Å². The number of carbonyl (C=O) groups excluding carboxylic acids is 1. The van der Waals surface area contributed by atoms with Crippen LogP contribution in [-0.2, 0) is 0 Å². The van der Waals surface area contributed by atoms with Crippen molar-refractivity contribution in [3.63, 3.8) is 0 Å². The molecule has 0 saturated carbocycles. The van der Waals surface area contributed by atoms with E-state index in [1.165, 1.54) is 26.0 Å². The number of Topliss-reactive ketones (excluding diaryl/α,β-unsaturated/α-hetero) is 1. The highest BCUT2D eigenvalue weighted by atomic mass is 79.9. The topological polar surface area (TPSA) is 68.0 Å². The van der Waals surface area contributed by atoms with Crippen LogP contribution in [0.2, 0.25) is 0 Å². The molecule has 0 aliphatic heterocycles. The van der Waals surface area contributed by atoms with Crippen LogP contribution in [-0.4, -0.2) is 10.5 Å². The highest BCUT2D eigenvalue weighted by Crippen LogP contribution is 2.18. The number of benzene rings is 1. The molecule has 0 fully saturated rings. The van der Waals surface area contributed by atoms with E-state index in [0.29, 0.717) is 13.6 Å². The fourth-order valence-corrected chi connectivity index (χ4v) is 2.12. The Bertz CT molecular complexity index is 691. The van der Waals surface area contributed by atoms with Crippen molar-refractivity contribution >= 4 is 32.7 Å². The maximum Gasteiger partial charge on any atom is 0.324 e. The van der Waals surface area contributed by atoms with E-state index in [1.807, 2.05) is 0 Å². The van der Waals surface area contributed by atoms with Gasteiger partial charge in [0.1, 0.15) is 5.52 Å². The van der Waals surface area contributed by atoms with Crippen LogP contribution in [0.25, 0.3) is 11.0 Å². The molecular formula is C11H9BrN2O3. The standard InChI is InChI=1S/C11H9BrN2O3/c1-6-11(7(2)15)14(17)10-5-8(12)3-4-9(10)13(6)16/h3-5H,1-2H3. The third-order valence-electron chi connectivity index (χ3n) is 2.56. The summed E-state index contributed by atoms with van der Waals surface area (Å²) in [6.45, 7) is 2.72. The summed E-state index contributed by atoms with van der Waals surface area (Å²) in [6.07, 6.45) is 0. The van der Waals surface area contributed by atoms with E-state index in [0.717, 1.165) is 0 Å². The molecule has 6 heteroatoms. The lowest BCUT2D eigenvalue weighted by Gasteiger charge is -2.15. The van der Waals surface area contributed by atoms with Crippen LogP contribution in [0.4, 0.5) is 0 Å². The van der Waals surface area contributed by atoms with Gasteiger partial charge < -0.3 is 9.94 Å². The molecule has 2 aromatic rings. The molecule has 1 aromatic carbocycles. The van der Waals surface area contributed by atoms with Crippen molar-refractivity contribution in [3.05, 3.63) is 44.2 Å². The van der Waals surface area contributed by atoms with Crippen molar-refractivity contribution in [2.24, 2.45) is 0 Å². The average molecular weight is 297 g/mol. The molecule has 17 heavy (non-hydrogen) atoms. The predicted molar refractivity (Wildman–Crippen MR) is 66.5 cm³/mol. The molecule has 2 rings (SSSR count). The van der Waals surface area contributed by atoms with Gasteiger partial charge in [0, 0.05) is 22.4 Å². The number of ketones is 1. The van der Waals surface area contributed by atoms with Crippen LogP contribution >= 0.6 is 15.9 Å². The van der Waals surface area contributed by atoms with Gasteiger partial charge in [-0.25, -0.2) is 0 Å². The van der Waals surface area contributed by atoms with Crippen molar-refractivity contribution < 1.29 is 9.22 Å². The van der Waals surface area contributed by atoms with Gasteiger partial charge in [-0.1, -0.05) is 15.9 Å². The highest BCUT2D eigenvalue weighted by Gasteiger charge is 2.23. The molecule has 0 saturated heterocycles. The molecule has 0 atom stereocenters. The first-order valence-corrected chi connectivity index (χ1v) is 5.68. The Hall–Kier alpha value is -1.69. The lowest BCUT2D eigenvalue weighted by atomic mass is 10.2. The first-order valence-electron chi connectivity index (χ1n) is 4.89. The quantitative estimate of drug-likeness (QED) is 0.598. The molecular weight excluding hydrogens is 288 g/mol. The first-order chi connectivity index (χ1) is 7.93. The van der Waals surface area contributed by atoms with Gasteiger partial charge in [-0.15, -0.1) is 0 Å². The molecule has 1 aromatic heterocycles. The minimum atomic E-state index is -0.427. The van der Waals surface area contributed by atoms with Gasteiger partial charge in [-0.2, -0.15) is 0 Å². The molecule has 5 nitrogen and oxygen atoms in total. The molecule has 0 unspecified atom stereocenters. The molecule has 1 heterocycles. The Morgan fingerprint density at radius 1 is 1.47 bits per heavy atom. The minimum Gasteiger partial charge on any atom is -0.805 e. The molecule has 0 radical (unpaired) electrons. The van der Waals surface area contributed by atoms with E-state index in [9.17, 15) is 14.9 Å². The lowest BCUT2D eigenvalue weighted by molar-refractivity contribution is -0.468. The second-order valence-electron chi connectivity index (χ2n) is 3.71. The summed E-state index contributed by atoms with van der Waals surface area (Å²) in [7, 11) is 0. The van der Waals surface area contributed by atoms with Gasteiger partial charge >= 0.3 is 5.69 Å². The number of halogens is 1. The van der Waals surface area contributed by atoms with Crippen molar-refractivity contribution in [3.8, 4) is 0 Å². The summed E-state index contributed by atoms with van der Waals surface area (Å²) in [5, 5.41) is 11.9. The van der Waals surface area contributed by atoms with Gasteiger partial charge in [0.15, 0.2) is 0 Å². The van der Waals surface area contributed by atoms with E-state index in [4.69, 9.17) is 0 Å². The summed E-state index contributed by atoms with van der Waals surface area (Å²) < 4.78 is 1.78. The highest BCUT2D eigenvalue weighted by molar-refractivity contribution is 9.10. The lowest BCUT2D eigenvalue weighted by Crippen LogP contribution is -2.29. The maximum absolute atomic E-state index is 12.0. The van der Waals surface area contributed by atoms with E-state index in [-0.39, 0.29) is 22.4 Å². The van der Waals surface area contributed by atoms with Crippen LogP contribution in [0, 0.1) is 17.0 Å². The van der Waals surface area contributed by atoms with E-state index >= 15 is 0 Å². The monoisotopic (exact) mass is 296 g/mol. The normalized spacial score (nSPS) is 10.8. The van der Waals surface area contributed by atoms with Crippen molar-refractivity contribution in [1.29, 1.82) is 0 Å². The summed E-state index contributed by atoms with van der Waals surface area (Å²) >= 11 is 3.22. The number of hydrogen-bond acceptors (Lipinski definition) is 3. The summed E-state index contributed by atoms with van der Waals surface area (Å²) in [6, 6.07) is 4.73. The van der Waals surface area contributed by atoms with E-state index in [1.54, 1.807) is 6.07 Å². The van der Waals surface area contributed by atoms with Crippen LogP contribution in [0.5, 0.6) is 0 Å². The number of nitrogens with zero attached hydrogens (tertiary/aromatic N) is 2. The largest absolute Gasteiger partial charge is 0.805 e. The number of hydrogen-bond donors (Lipinski definition) is 0. The second-order valence-corrected chi connectivity index (χ2v) is 4.63. The fraction of sp³-hybridized carbons (Fsp3) is 0.182.